The number of hydrogen-bond acceptors (Lipinski definition) is 2. The van der Waals surface area contributed by atoms with E-state index in [-0.39, 0.29) is 6.61 Å². The van der Waals surface area contributed by atoms with Crippen molar-refractivity contribution in [2.24, 2.45) is 17.3 Å². The average Bonchev–Trinajstić information content (AvgIpc) is 2.98. The molecule has 2 aliphatic rings. The van der Waals surface area contributed by atoms with E-state index in [0.717, 1.165) is 44.2 Å². The fourth-order valence-corrected chi connectivity index (χ4v) is 4.40. The Morgan fingerprint density at radius 2 is 2.10 bits per heavy atom. The van der Waals surface area contributed by atoms with Gasteiger partial charge < -0.3 is 10.1 Å². The highest BCUT2D eigenvalue weighted by Crippen LogP contribution is 2.57. The standard InChI is InChI=1S/C16H28F3NO/c1-2-7-20-11-15(10-13-4-5-14(15)9-13)6-3-8-21-12-16(17,18)19/h13-14,20H,2-12H2,1H3. The van der Waals surface area contributed by atoms with Gasteiger partial charge >= 0.3 is 6.18 Å². The Labute approximate surface area is 125 Å². The molecular weight excluding hydrogens is 279 g/mol. The number of nitrogens with one attached hydrogen (secondary N) is 1. The van der Waals surface area contributed by atoms with Crippen LogP contribution in [0, 0.1) is 17.3 Å². The van der Waals surface area contributed by atoms with Gasteiger partial charge in [0, 0.05) is 13.2 Å². The fraction of sp³-hybridized carbons (Fsp3) is 1.00. The zero-order chi connectivity index (χ0) is 15.3. The van der Waals surface area contributed by atoms with Crippen molar-refractivity contribution in [1.29, 1.82) is 0 Å². The highest BCUT2D eigenvalue weighted by molar-refractivity contribution is 5.01. The fourth-order valence-electron chi connectivity index (χ4n) is 4.40. The molecule has 2 nitrogen and oxygen atoms in total. The summed E-state index contributed by atoms with van der Waals surface area (Å²) in [7, 11) is 0. The van der Waals surface area contributed by atoms with Crippen LogP contribution in [0.25, 0.3) is 0 Å². The molecular formula is C16H28F3NO. The van der Waals surface area contributed by atoms with E-state index in [2.05, 4.69) is 12.2 Å². The molecule has 3 atom stereocenters. The van der Waals surface area contributed by atoms with Crippen LogP contribution in [0.2, 0.25) is 0 Å². The third kappa shape index (κ3) is 4.85. The number of alkyl halides is 3. The molecule has 2 aliphatic carbocycles. The third-order valence-electron chi connectivity index (χ3n) is 5.24. The van der Waals surface area contributed by atoms with Crippen LogP contribution in [0.15, 0.2) is 0 Å². The van der Waals surface area contributed by atoms with Gasteiger partial charge in [-0.05, 0) is 62.3 Å². The van der Waals surface area contributed by atoms with E-state index in [4.69, 9.17) is 4.74 Å². The minimum absolute atomic E-state index is 0.229. The lowest BCUT2D eigenvalue weighted by molar-refractivity contribution is -0.174. The van der Waals surface area contributed by atoms with Crippen molar-refractivity contribution in [3.8, 4) is 0 Å². The van der Waals surface area contributed by atoms with Crippen LogP contribution in [0.3, 0.4) is 0 Å². The van der Waals surface area contributed by atoms with Gasteiger partial charge in [0.2, 0.25) is 0 Å². The number of rotatable bonds is 9. The molecule has 3 unspecified atom stereocenters. The predicted octanol–water partition coefficient (Wildman–Crippen LogP) is 4.15. The summed E-state index contributed by atoms with van der Waals surface area (Å²) < 4.78 is 40.9. The Morgan fingerprint density at radius 3 is 2.67 bits per heavy atom. The predicted molar refractivity (Wildman–Crippen MR) is 77.1 cm³/mol. The van der Waals surface area contributed by atoms with Crippen molar-refractivity contribution in [2.75, 3.05) is 26.3 Å². The molecule has 0 aliphatic heterocycles. The molecule has 0 spiro atoms. The van der Waals surface area contributed by atoms with Crippen LogP contribution in [-0.4, -0.2) is 32.5 Å². The third-order valence-corrected chi connectivity index (χ3v) is 5.24. The van der Waals surface area contributed by atoms with Crippen LogP contribution in [0.1, 0.15) is 51.9 Å². The summed E-state index contributed by atoms with van der Waals surface area (Å²) in [6.45, 7) is 3.34. The van der Waals surface area contributed by atoms with E-state index in [9.17, 15) is 13.2 Å². The second-order valence-electron chi connectivity index (χ2n) is 6.89. The molecule has 0 heterocycles. The molecule has 0 aromatic rings. The molecule has 2 fully saturated rings. The first-order chi connectivity index (χ1) is 9.95. The van der Waals surface area contributed by atoms with Crippen molar-refractivity contribution in [3.05, 3.63) is 0 Å². The highest BCUT2D eigenvalue weighted by Gasteiger charge is 2.49. The Hall–Kier alpha value is -0.290. The van der Waals surface area contributed by atoms with Gasteiger partial charge in [0.1, 0.15) is 6.61 Å². The summed E-state index contributed by atoms with van der Waals surface area (Å²) >= 11 is 0. The van der Waals surface area contributed by atoms with Gasteiger partial charge in [-0.1, -0.05) is 13.3 Å². The van der Waals surface area contributed by atoms with Crippen LogP contribution in [0.5, 0.6) is 0 Å². The first kappa shape index (κ1) is 17.1. The van der Waals surface area contributed by atoms with Gasteiger partial charge in [0.15, 0.2) is 0 Å². The van der Waals surface area contributed by atoms with E-state index in [1.54, 1.807) is 0 Å². The molecule has 2 bridgehead atoms. The summed E-state index contributed by atoms with van der Waals surface area (Å²) in [5.41, 5.74) is 0.319. The molecule has 0 aromatic heterocycles. The van der Waals surface area contributed by atoms with Crippen LogP contribution < -0.4 is 5.32 Å². The van der Waals surface area contributed by atoms with Gasteiger partial charge in [0.05, 0.1) is 0 Å². The van der Waals surface area contributed by atoms with Gasteiger partial charge in [-0.15, -0.1) is 0 Å². The van der Waals surface area contributed by atoms with Crippen molar-refractivity contribution in [2.45, 2.75) is 58.0 Å². The minimum Gasteiger partial charge on any atom is -0.372 e. The zero-order valence-electron chi connectivity index (χ0n) is 13.0. The lowest BCUT2D eigenvalue weighted by Crippen LogP contribution is -2.39. The van der Waals surface area contributed by atoms with E-state index in [0.29, 0.717) is 5.41 Å². The first-order valence-corrected chi connectivity index (χ1v) is 8.30. The molecule has 2 saturated carbocycles. The molecule has 124 valence electrons. The maximum Gasteiger partial charge on any atom is 0.411 e. The maximum absolute atomic E-state index is 12.1. The quantitative estimate of drug-likeness (QED) is 0.646. The van der Waals surface area contributed by atoms with E-state index in [1.807, 2.05) is 0 Å². The summed E-state index contributed by atoms with van der Waals surface area (Å²) in [4.78, 5) is 0. The lowest BCUT2D eigenvalue weighted by Gasteiger charge is -2.38. The Morgan fingerprint density at radius 1 is 1.29 bits per heavy atom. The molecule has 1 N–H and O–H groups in total. The summed E-state index contributed by atoms with van der Waals surface area (Å²) in [6, 6.07) is 0. The molecule has 0 saturated heterocycles. The van der Waals surface area contributed by atoms with Crippen LogP contribution >= 0.6 is 0 Å². The van der Waals surface area contributed by atoms with Gasteiger partial charge in [0.25, 0.3) is 0 Å². The minimum atomic E-state index is -4.20. The SMILES string of the molecule is CCCNCC1(CCCOCC(F)(F)F)CC2CCC1C2. The summed E-state index contributed by atoms with van der Waals surface area (Å²) in [5.74, 6) is 1.63. The van der Waals surface area contributed by atoms with E-state index in [1.165, 1.54) is 25.7 Å². The van der Waals surface area contributed by atoms with Crippen molar-refractivity contribution in [1.82, 2.24) is 5.32 Å². The lowest BCUT2D eigenvalue weighted by atomic mass is 9.70. The zero-order valence-corrected chi connectivity index (χ0v) is 13.0. The average molecular weight is 307 g/mol. The summed E-state index contributed by atoms with van der Waals surface area (Å²) in [6.07, 6.45) is 3.92. The normalized spacial score (nSPS) is 32.0. The Bertz CT molecular complexity index is 321. The Kier molecular flexibility index (Phi) is 5.95. The Balaban J connectivity index is 1.75. The summed E-state index contributed by atoms with van der Waals surface area (Å²) in [5, 5.41) is 3.55. The molecule has 0 radical (unpaired) electrons. The number of halogens is 3. The van der Waals surface area contributed by atoms with Crippen molar-refractivity contribution >= 4 is 0 Å². The number of ether oxygens (including phenoxy) is 1. The molecule has 0 aromatic carbocycles. The topological polar surface area (TPSA) is 21.3 Å². The molecule has 0 amide bonds. The van der Waals surface area contributed by atoms with Gasteiger partial charge in [-0.25, -0.2) is 0 Å². The second-order valence-corrected chi connectivity index (χ2v) is 6.89. The second kappa shape index (κ2) is 7.32. The van der Waals surface area contributed by atoms with E-state index >= 15 is 0 Å². The smallest absolute Gasteiger partial charge is 0.372 e. The van der Waals surface area contributed by atoms with E-state index < -0.39 is 12.8 Å². The molecule has 2 rings (SSSR count). The van der Waals surface area contributed by atoms with Crippen molar-refractivity contribution < 1.29 is 17.9 Å². The highest BCUT2D eigenvalue weighted by atomic mass is 19.4. The van der Waals surface area contributed by atoms with Crippen LogP contribution in [-0.2, 0) is 4.74 Å². The molecule has 21 heavy (non-hydrogen) atoms. The van der Waals surface area contributed by atoms with Crippen LogP contribution in [0.4, 0.5) is 13.2 Å². The maximum atomic E-state index is 12.1. The first-order valence-electron chi connectivity index (χ1n) is 8.30. The van der Waals surface area contributed by atoms with Gasteiger partial charge in [-0.2, -0.15) is 13.2 Å². The molecule has 5 heteroatoms. The monoisotopic (exact) mass is 307 g/mol. The number of fused-ring (bicyclic) bond motifs is 2. The largest absolute Gasteiger partial charge is 0.411 e. The van der Waals surface area contributed by atoms with Gasteiger partial charge in [-0.3, -0.25) is 0 Å². The number of hydrogen-bond donors (Lipinski definition) is 1. The van der Waals surface area contributed by atoms with Crippen molar-refractivity contribution in [3.63, 3.8) is 0 Å².